The molecule has 0 aliphatic carbocycles. The van der Waals surface area contributed by atoms with Crippen molar-refractivity contribution >= 4 is 44.3 Å². The van der Waals surface area contributed by atoms with E-state index in [2.05, 4.69) is 26.2 Å². The Kier molecular flexibility index (Phi) is 7.84. The zero-order valence-corrected chi connectivity index (χ0v) is 19.9. The molecule has 0 aliphatic rings. The molecule has 3 rings (SSSR count). The van der Waals surface area contributed by atoms with Crippen LogP contribution in [0.25, 0.3) is 22.3 Å². The summed E-state index contributed by atoms with van der Waals surface area (Å²) in [5.74, 6) is -0.706. The van der Waals surface area contributed by atoms with Crippen LogP contribution in [-0.2, 0) is 4.79 Å². The molecule has 1 unspecified atom stereocenters. The molecule has 0 saturated heterocycles. The number of halogens is 2. The number of nitrogens with zero attached hydrogens (tertiary/aromatic N) is 2. The fourth-order valence-electron chi connectivity index (χ4n) is 2.69. The second-order valence-electron chi connectivity index (χ2n) is 6.30. The summed E-state index contributed by atoms with van der Waals surface area (Å²) in [6, 6.07) is 11.4. The van der Waals surface area contributed by atoms with Gasteiger partial charge in [0, 0.05) is 27.3 Å². The molecular formula is C19H16BrClN3NaO3. The van der Waals surface area contributed by atoms with Crippen molar-refractivity contribution in [1.29, 1.82) is 0 Å². The molecule has 0 fully saturated rings. The van der Waals surface area contributed by atoms with Crippen molar-refractivity contribution in [2.45, 2.75) is 26.1 Å². The van der Waals surface area contributed by atoms with Crippen LogP contribution in [0.15, 0.2) is 51.7 Å². The van der Waals surface area contributed by atoms with Gasteiger partial charge in [-0.15, -0.1) is 0 Å². The Balaban J connectivity index is 0.00000280. The van der Waals surface area contributed by atoms with E-state index in [1.165, 1.54) is 0 Å². The van der Waals surface area contributed by atoms with E-state index >= 15 is 0 Å². The van der Waals surface area contributed by atoms with Gasteiger partial charge in [-0.3, -0.25) is 14.2 Å². The van der Waals surface area contributed by atoms with E-state index in [9.17, 15) is 14.7 Å². The number of carbonyl (C=O) groups is 1. The standard InChI is InChI=1S/C19H16BrClN3O3.Na/c1-10(2)22-17(25)19(27)24-16(11-4-3-5-13(21)8-11)23-15-7-6-12(20)9-14(15)18(24)26;/h3-10,19H,1-2H3,(H,22,25);/q-1;+1. The van der Waals surface area contributed by atoms with Gasteiger partial charge >= 0.3 is 29.6 Å². The second kappa shape index (κ2) is 9.52. The maximum atomic E-state index is 13.1. The first-order chi connectivity index (χ1) is 12.8. The summed E-state index contributed by atoms with van der Waals surface area (Å²) in [5.41, 5.74) is 0.309. The average molecular weight is 473 g/mol. The summed E-state index contributed by atoms with van der Waals surface area (Å²) in [5, 5.41) is 16.1. The summed E-state index contributed by atoms with van der Waals surface area (Å²) in [7, 11) is 0. The molecule has 0 spiro atoms. The van der Waals surface area contributed by atoms with Crippen molar-refractivity contribution in [2.24, 2.45) is 0 Å². The van der Waals surface area contributed by atoms with Crippen molar-refractivity contribution in [3.8, 4) is 11.4 Å². The zero-order valence-electron chi connectivity index (χ0n) is 15.6. The van der Waals surface area contributed by atoms with Crippen LogP contribution in [0, 0.1) is 0 Å². The molecule has 1 aromatic heterocycles. The fourth-order valence-corrected chi connectivity index (χ4v) is 3.24. The van der Waals surface area contributed by atoms with Gasteiger partial charge in [-0.05, 0) is 44.2 Å². The minimum absolute atomic E-state index is 0. The smallest absolute Gasteiger partial charge is 0.829 e. The Labute approximate surface area is 197 Å². The van der Waals surface area contributed by atoms with Crippen LogP contribution in [0.1, 0.15) is 20.1 Å². The molecule has 1 heterocycles. The first kappa shape index (κ1) is 23.1. The molecule has 0 saturated carbocycles. The molecule has 0 radical (unpaired) electrons. The van der Waals surface area contributed by atoms with E-state index in [4.69, 9.17) is 11.6 Å². The zero-order chi connectivity index (χ0) is 19.7. The van der Waals surface area contributed by atoms with Gasteiger partial charge < -0.3 is 10.4 Å². The minimum Gasteiger partial charge on any atom is -0.829 e. The number of hydrogen-bond acceptors (Lipinski definition) is 4. The Hall–Kier alpha value is -1.22. The van der Waals surface area contributed by atoms with Crippen molar-refractivity contribution in [3.63, 3.8) is 0 Å². The molecule has 1 atom stereocenters. The van der Waals surface area contributed by atoms with Crippen molar-refractivity contribution in [3.05, 3.63) is 62.3 Å². The number of carbonyl (C=O) groups excluding carboxylic acids is 1. The molecule has 9 heteroatoms. The minimum atomic E-state index is -1.98. The van der Waals surface area contributed by atoms with Gasteiger partial charge in [0.25, 0.3) is 5.56 Å². The molecule has 28 heavy (non-hydrogen) atoms. The average Bonchev–Trinajstić information content (AvgIpc) is 2.61. The fraction of sp³-hybridized carbons (Fsp3) is 0.211. The molecule has 6 nitrogen and oxygen atoms in total. The molecule has 1 N–H and O–H groups in total. The normalized spacial score (nSPS) is 11.9. The summed E-state index contributed by atoms with van der Waals surface area (Å²) in [6.45, 7) is 3.47. The van der Waals surface area contributed by atoms with Gasteiger partial charge in [-0.25, -0.2) is 4.98 Å². The third kappa shape index (κ3) is 4.84. The number of amides is 1. The van der Waals surface area contributed by atoms with E-state index in [0.29, 0.717) is 20.6 Å². The van der Waals surface area contributed by atoms with E-state index in [-0.39, 0.29) is 46.8 Å². The molecule has 140 valence electrons. The molecular weight excluding hydrogens is 457 g/mol. The monoisotopic (exact) mass is 471 g/mol. The van der Waals surface area contributed by atoms with E-state index < -0.39 is 17.7 Å². The van der Waals surface area contributed by atoms with Crippen molar-refractivity contribution in [1.82, 2.24) is 14.9 Å². The molecule has 2 aromatic carbocycles. The van der Waals surface area contributed by atoms with Crippen LogP contribution in [0.3, 0.4) is 0 Å². The van der Waals surface area contributed by atoms with E-state index in [0.717, 1.165) is 4.57 Å². The SMILES string of the molecule is CC(C)NC(=O)C([O-])n1c(-c2cccc(Cl)c2)nc2ccc(Br)cc2c1=O.[Na+]. The summed E-state index contributed by atoms with van der Waals surface area (Å²) in [4.78, 5) is 29.9. The van der Waals surface area contributed by atoms with Crippen LogP contribution in [-0.4, -0.2) is 21.5 Å². The van der Waals surface area contributed by atoms with Crippen LogP contribution in [0.5, 0.6) is 0 Å². The summed E-state index contributed by atoms with van der Waals surface area (Å²) < 4.78 is 1.54. The van der Waals surface area contributed by atoms with Crippen LogP contribution in [0.2, 0.25) is 5.02 Å². The van der Waals surface area contributed by atoms with Gasteiger partial charge in [-0.2, -0.15) is 0 Å². The topological polar surface area (TPSA) is 87.0 Å². The third-order valence-electron chi connectivity index (χ3n) is 3.83. The predicted molar refractivity (Wildman–Crippen MR) is 106 cm³/mol. The number of aromatic nitrogens is 2. The van der Waals surface area contributed by atoms with Gasteiger partial charge in [0.1, 0.15) is 5.82 Å². The third-order valence-corrected chi connectivity index (χ3v) is 4.56. The van der Waals surface area contributed by atoms with Crippen LogP contribution in [0.4, 0.5) is 0 Å². The predicted octanol–water partition coefficient (Wildman–Crippen LogP) is -0.133. The van der Waals surface area contributed by atoms with Crippen molar-refractivity contribution in [2.75, 3.05) is 0 Å². The van der Waals surface area contributed by atoms with Gasteiger partial charge in [0.2, 0.25) is 5.91 Å². The number of nitrogens with one attached hydrogen (secondary N) is 1. The first-order valence-corrected chi connectivity index (χ1v) is 9.39. The summed E-state index contributed by atoms with van der Waals surface area (Å²) >= 11 is 9.37. The van der Waals surface area contributed by atoms with Gasteiger partial charge in [0.15, 0.2) is 0 Å². The van der Waals surface area contributed by atoms with Crippen LogP contribution < -0.4 is 45.5 Å². The number of hydrogen-bond donors (Lipinski definition) is 1. The molecule has 1 amide bonds. The second-order valence-corrected chi connectivity index (χ2v) is 7.65. The Bertz CT molecular complexity index is 1090. The van der Waals surface area contributed by atoms with E-state index in [1.807, 2.05) is 0 Å². The van der Waals surface area contributed by atoms with Gasteiger partial charge in [0.05, 0.1) is 10.9 Å². The number of rotatable bonds is 4. The first-order valence-electron chi connectivity index (χ1n) is 8.22. The largest absolute Gasteiger partial charge is 1.00 e. The quantitative estimate of drug-likeness (QED) is 0.536. The molecule has 0 aliphatic heterocycles. The van der Waals surface area contributed by atoms with Gasteiger partial charge in [-0.1, -0.05) is 39.7 Å². The maximum Gasteiger partial charge on any atom is 1.00 e. The number of fused-ring (bicyclic) bond motifs is 1. The molecule has 0 bridgehead atoms. The number of benzene rings is 2. The summed E-state index contributed by atoms with van der Waals surface area (Å²) in [6.07, 6.45) is -1.98. The maximum absolute atomic E-state index is 13.1. The Morgan fingerprint density at radius 2 is 1.96 bits per heavy atom. The van der Waals surface area contributed by atoms with Crippen LogP contribution >= 0.6 is 27.5 Å². The van der Waals surface area contributed by atoms with E-state index in [1.54, 1.807) is 56.3 Å². The Morgan fingerprint density at radius 1 is 1.25 bits per heavy atom. The Morgan fingerprint density at radius 3 is 2.61 bits per heavy atom. The molecule has 3 aromatic rings. The van der Waals surface area contributed by atoms with Crippen molar-refractivity contribution < 1.29 is 39.5 Å².